The van der Waals surface area contributed by atoms with Crippen LogP contribution >= 0.6 is 27.5 Å². The maximum atomic E-state index is 13.6. The molecule has 3 aromatic rings. The van der Waals surface area contributed by atoms with Gasteiger partial charge < -0.3 is 10.0 Å². The summed E-state index contributed by atoms with van der Waals surface area (Å²) in [5.41, 5.74) is 2.56. The second-order valence-electron chi connectivity index (χ2n) is 7.04. The molecule has 1 amide bonds. The highest BCUT2D eigenvalue weighted by Crippen LogP contribution is 2.23. The molecule has 1 atom stereocenters. The predicted octanol–water partition coefficient (Wildman–Crippen LogP) is 6.08. The Morgan fingerprint density at radius 1 is 1.03 bits per heavy atom. The smallest absolute Gasteiger partial charge is 0.326 e. The lowest BCUT2D eigenvalue weighted by atomic mass is 10.0. The highest BCUT2D eigenvalue weighted by molar-refractivity contribution is 9.10. The van der Waals surface area contributed by atoms with Crippen LogP contribution in [0.1, 0.15) is 27.0 Å². The molecule has 0 spiro atoms. The van der Waals surface area contributed by atoms with Gasteiger partial charge in [-0.1, -0.05) is 82.7 Å². The fourth-order valence-corrected chi connectivity index (χ4v) is 4.00. The standard InChI is InChI=1S/C25H21BrClNO3/c1-2-19-15-21(27)11-12-22(19)24(29)28(16-18-9-6-10-20(26)13-18)23(25(30)31)14-17-7-4-3-5-8-17/h2-13,15,23H,1,14,16H2,(H,30,31). The van der Waals surface area contributed by atoms with Crippen LogP contribution in [0.5, 0.6) is 0 Å². The Labute approximate surface area is 194 Å². The first kappa shape index (κ1) is 22.8. The van der Waals surface area contributed by atoms with Gasteiger partial charge >= 0.3 is 5.97 Å². The number of hydrogen-bond donors (Lipinski definition) is 1. The van der Waals surface area contributed by atoms with Gasteiger partial charge in [0.05, 0.1) is 0 Å². The van der Waals surface area contributed by atoms with Crippen molar-refractivity contribution in [2.45, 2.75) is 19.0 Å². The predicted molar refractivity (Wildman–Crippen MR) is 127 cm³/mol. The van der Waals surface area contributed by atoms with E-state index < -0.39 is 17.9 Å². The molecule has 0 aromatic heterocycles. The van der Waals surface area contributed by atoms with Crippen molar-refractivity contribution in [1.82, 2.24) is 4.90 Å². The van der Waals surface area contributed by atoms with Gasteiger partial charge in [-0.3, -0.25) is 4.79 Å². The highest BCUT2D eigenvalue weighted by Gasteiger charge is 2.31. The Kier molecular flexibility index (Phi) is 7.66. The van der Waals surface area contributed by atoms with Gasteiger partial charge in [-0.05, 0) is 47.0 Å². The van der Waals surface area contributed by atoms with E-state index in [2.05, 4.69) is 22.5 Å². The molecule has 0 bridgehead atoms. The van der Waals surface area contributed by atoms with E-state index >= 15 is 0 Å². The molecular weight excluding hydrogens is 478 g/mol. The fourth-order valence-electron chi connectivity index (χ4n) is 3.38. The second-order valence-corrected chi connectivity index (χ2v) is 8.39. The molecule has 3 aromatic carbocycles. The number of aliphatic carboxylic acids is 1. The molecular formula is C25H21BrClNO3. The average Bonchev–Trinajstić information content (AvgIpc) is 2.76. The third-order valence-corrected chi connectivity index (χ3v) is 5.63. The monoisotopic (exact) mass is 497 g/mol. The maximum absolute atomic E-state index is 13.6. The number of nitrogens with zero attached hydrogens (tertiary/aromatic N) is 1. The second kappa shape index (κ2) is 10.4. The van der Waals surface area contributed by atoms with Crippen LogP contribution in [0.4, 0.5) is 0 Å². The zero-order valence-electron chi connectivity index (χ0n) is 16.7. The van der Waals surface area contributed by atoms with Crippen molar-refractivity contribution in [2.24, 2.45) is 0 Å². The molecule has 0 fully saturated rings. The molecule has 0 heterocycles. The van der Waals surface area contributed by atoms with E-state index in [1.165, 1.54) is 4.90 Å². The minimum atomic E-state index is -1.07. The Hall–Kier alpha value is -2.89. The molecule has 6 heteroatoms. The molecule has 3 rings (SSSR count). The molecule has 158 valence electrons. The van der Waals surface area contributed by atoms with Gasteiger partial charge in [-0.15, -0.1) is 0 Å². The van der Waals surface area contributed by atoms with Gasteiger partial charge in [-0.2, -0.15) is 0 Å². The van der Waals surface area contributed by atoms with Crippen LogP contribution in [0, 0.1) is 0 Å². The van der Waals surface area contributed by atoms with Gasteiger partial charge in [-0.25, -0.2) is 4.79 Å². The van der Waals surface area contributed by atoms with Gasteiger partial charge in [0.2, 0.25) is 0 Å². The van der Waals surface area contributed by atoms with Gasteiger partial charge in [0.15, 0.2) is 0 Å². The van der Waals surface area contributed by atoms with Crippen molar-refractivity contribution in [3.05, 3.63) is 111 Å². The summed E-state index contributed by atoms with van der Waals surface area (Å²) in [6, 6.07) is 20.6. The minimum Gasteiger partial charge on any atom is -0.480 e. The molecule has 1 unspecified atom stereocenters. The van der Waals surface area contributed by atoms with E-state index in [1.54, 1.807) is 24.3 Å². The third-order valence-electron chi connectivity index (χ3n) is 4.90. The summed E-state index contributed by atoms with van der Waals surface area (Å²) in [6.07, 6.45) is 1.73. The highest BCUT2D eigenvalue weighted by atomic mass is 79.9. The first-order valence-electron chi connectivity index (χ1n) is 9.63. The Morgan fingerprint density at radius 2 is 1.74 bits per heavy atom. The number of carbonyl (C=O) groups excluding carboxylic acids is 1. The Balaban J connectivity index is 2.05. The van der Waals surface area contributed by atoms with E-state index in [9.17, 15) is 14.7 Å². The van der Waals surface area contributed by atoms with Gasteiger partial charge in [0.1, 0.15) is 6.04 Å². The summed E-state index contributed by atoms with van der Waals surface area (Å²) in [6.45, 7) is 3.91. The number of carboxylic acids is 1. The van der Waals surface area contributed by atoms with Crippen molar-refractivity contribution in [3.63, 3.8) is 0 Å². The Morgan fingerprint density at radius 3 is 2.39 bits per heavy atom. The van der Waals surface area contributed by atoms with E-state index in [4.69, 9.17) is 11.6 Å². The topological polar surface area (TPSA) is 57.6 Å². The van der Waals surface area contributed by atoms with Crippen molar-refractivity contribution in [3.8, 4) is 0 Å². The molecule has 1 N–H and O–H groups in total. The lowest BCUT2D eigenvalue weighted by Crippen LogP contribution is -2.46. The summed E-state index contributed by atoms with van der Waals surface area (Å²) < 4.78 is 0.852. The minimum absolute atomic E-state index is 0.140. The normalized spacial score (nSPS) is 11.5. The van der Waals surface area contributed by atoms with E-state index in [0.717, 1.165) is 15.6 Å². The van der Waals surface area contributed by atoms with Crippen molar-refractivity contribution >= 4 is 45.5 Å². The molecule has 4 nitrogen and oxygen atoms in total. The summed E-state index contributed by atoms with van der Waals surface area (Å²) >= 11 is 9.51. The first-order chi connectivity index (χ1) is 14.9. The molecule has 0 aliphatic heterocycles. The van der Waals surface area contributed by atoms with Gasteiger partial charge in [0.25, 0.3) is 5.91 Å². The summed E-state index contributed by atoms with van der Waals surface area (Å²) in [4.78, 5) is 27.3. The molecule has 0 saturated carbocycles. The molecule has 0 radical (unpaired) electrons. The number of halogens is 2. The number of amides is 1. The van der Waals surface area contributed by atoms with E-state index in [0.29, 0.717) is 16.1 Å². The van der Waals surface area contributed by atoms with Crippen molar-refractivity contribution in [1.29, 1.82) is 0 Å². The fraction of sp³-hybridized carbons (Fsp3) is 0.120. The first-order valence-corrected chi connectivity index (χ1v) is 10.8. The maximum Gasteiger partial charge on any atom is 0.326 e. The van der Waals surface area contributed by atoms with E-state index in [-0.39, 0.29) is 13.0 Å². The largest absolute Gasteiger partial charge is 0.480 e. The molecule has 31 heavy (non-hydrogen) atoms. The van der Waals surface area contributed by atoms with Crippen LogP contribution < -0.4 is 0 Å². The summed E-state index contributed by atoms with van der Waals surface area (Å²) in [5.74, 6) is -1.46. The molecule has 0 aliphatic carbocycles. The third kappa shape index (κ3) is 5.84. The zero-order valence-corrected chi connectivity index (χ0v) is 19.0. The van der Waals surface area contributed by atoms with Crippen molar-refractivity contribution < 1.29 is 14.7 Å². The van der Waals surface area contributed by atoms with Crippen LogP contribution in [0.2, 0.25) is 5.02 Å². The zero-order chi connectivity index (χ0) is 22.4. The molecule has 0 saturated heterocycles. The van der Waals surface area contributed by atoms with Gasteiger partial charge in [0, 0.05) is 28.0 Å². The van der Waals surface area contributed by atoms with Crippen LogP contribution in [-0.2, 0) is 17.8 Å². The summed E-state index contributed by atoms with van der Waals surface area (Å²) in [5, 5.41) is 10.5. The SMILES string of the molecule is C=Cc1cc(Cl)ccc1C(=O)N(Cc1cccc(Br)c1)C(Cc1ccccc1)C(=O)O. The number of carbonyl (C=O) groups is 2. The lowest BCUT2D eigenvalue weighted by molar-refractivity contribution is -0.142. The number of hydrogen-bond acceptors (Lipinski definition) is 2. The van der Waals surface area contributed by atoms with Crippen LogP contribution in [0.25, 0.3) is 6.08 Å². The van der Waals surface area contributed by atoms with Crippen LogP contribution in [0.3, 0.4) is 0 Å². The van der Waals surface area contributed by atoms with Crippen LogP contribution in [-0.4, -0.2) is 27.9 Å². The van der Waals surface area contributed by atoms with Crippen LogP contribution in [0.15, 0.2) is 83.8 Å². The Bertz CT molecular complexity index is 1100. The van der Waals surface area contributed by atoms with E-state index in [1.807, 2.05) is 54.6 Å². The van der Waals surface area contributed by atoms with Crippen molar-refractivity contribution in [2.75, 3.05) is 0 Å². The quantitative estimate of drug-likeness (QED) is 0.409. The number of carboxylic acid groups (broad SMARTS) is 1. The molecule has 0 aliphatic rings. The average molecular weight is 499 g/mol. The lowest BCUT2D eigenvalue weighted by Gasteiger charge is -2.30. The number of benzene rings is 3. The number of rotatable bonds is 8. The summed E-state index contributed by atoms with van der Waals surface area (Å²) in [7, 11) is 0.